The first-order chi connectivity index (χ1) is 7.25. The minimum Gasteiger partial charge on any atom is -0.396 e. The van der Waals surface area contributed by atoms with Gasteiger partial charge in [-0.3, -0.25) is 0 Å². The maximum Gasteiger partial charge on any atom is 0.148 e. The standard InChI is InChI=1S/C11H17FN2O/c12-9-5-4-6-10(11(9)13)14-7-2-1-3-8-15/h4-6,14-15H,1-3,7-8,13H2. The highest BCUT2D eigenvalue weighted by molar-refractivity contribution is 5.66. The highest BCUT2D eigenvalue weighted by Crippen LogP contribution is 2.20. The second-order valence-electron chi connectivity index (χ2n) is 3.41. The molecule has 0 spiro atoms. The number of rotatable bonds is 6. The van der Waals surface area contributed by atoms with Gasteiger partial charge in [0.2, 0.25) is 0 Å². The number of nitrogens with one attached hydrogen (secondary N) is 1. The average Bonchev–Trinajstić information content (AvgIpc) is 2.24. The highest BCUT2D eigenvalue weighted by Gasteiger charge is 2.02. The van der Waals surface area contributed by atoms with Gasteiger partial charge in [0, 0.05) is 13.2 Å². The van der Waals surface area contributed by atoms with E-state index in [4.69, 9.17) is 10.8 Å². The van der Waals surface area contributed by atoms with Crippen molar-refractivity contribution in [1.82, 2.24) is 0 Å². The lowest BCUT2D eigenvalue weighted by Crippen LogP contribution is -2.05. The van der Waals surface area contributed by atoms with Gasteiger partial charge in [-0.25, -0.2) is 4.39 Å². The Balaban J connectivity index is 2.34. The normalized spacial score (nSPS) is 10.3. The zero-order valence-electron chi connectivity index (χ0n) is 8.67. The third kappa shape index (κ3) is 3.75. The number of anilines is 2. The zero-order chi connectivity index (χ0) is 11.1. The van der Waals surface area contributed by atoms with Crippen LogP contribution in [0.25, 0.3) is 0 Å². The quantitative estimate of drug-likeness (QED) is 0.499. The molecule has 0 unspecified atom stereocenters. The molecule has 0 amide bonds. The summed E-state index contributed by atoms with van der Waals surface area (Å²) >= 11 is 0. The molecule has 0 radical (unpaired) electrons. The van der Waals surface area contributed by atoms with Crippen molar-refractivity contribution in [1.29, 1.82) is 0 Å². The topological polar surface area (TPSA) is 58.3 Å². The van der Waals surface area contributed by atoms with Crippen LogP contribution in [0, 0.1) is 5.82 Å². The molecule has 0 aliphatic heterocycles. The van der Waals surface area contributed by atoms with Crippen molar-refractivity contribution in [2.24, 2.45) is 0 Å². The summed E-state index contributed by atoms with van der Waals surface area (Å²) in [6.45, 7) is 0.968. The van der Waals surface area contributed by atoms with Crippen LogP contribution in [-0.2, 0) is 0 Å². The first-order valence-corrected chi connectivity index (χ1v) is 5.14. The fourth-order valence-electron chi connectivity index (χ4n) is 1.33. The Morgan fingerprint density at radius 3 is 2.80 bits per heavy atom. The Morgan fingerprint density at radius 1 is 1.27 bits per heavy atom. The Kier molecular flexibility index (Phi) is 4.90. The van der Waals surface area contributed by atoms with Crippen LogP contribution in [0.5, 0.6) is 0 Å². The molecule has 84 valence electrons. The second kappa shape index (κ2) is 6.24. The monoisotopic (exact) mass is 212 g/mol. The summed E-state index contributed by atoms with van der Waals surface area (Å²) in [7, 11) is 0. The van der Waals surface area contributed by atoms with E-state index in [-0.39, 0.29) is 12.3 Å². The number of benzene rings is 1. The summed E-state index contributed by atoms with van der Waals surface area (Å²) in [6, 6.07) is 4.72. The first kappa shape index (κ1) is 11.8. The van der Waals surface area contributed by atoms with Gasteiger partial charge < -0.3 is 16.2 Å². The van der Waals surface area contributed by atoms with E-state index in [0.29, 0.717) is 5.69 Å². The van der Waals surface area contributed by atoms with Crippen molar-refractivity contribution in [3.05, 3.63) is 24.0 Å². The largest absolute Gasteiger partial charge is 0.396 e. The van der Waals surface area contributed by atoms with Crippen molar-refractivity contribution in [2.45, 2.75) is 19.3 Å². The highest BCUT2D eigenvalue weighted by atomic mass is 19.1. The number of aliphatic hydroxyl groups excluding tert-OH is 1. The Labute approximate surface area is 89.1 Å². The number of nitrogen functional groups attached to an aromatic ring is 1. The maximum absolute atomic E-state index is 13.0. The van der Waals surface area contributed by atoms with E-state index in [1.165, 1.54) is 6.07 Å². The molecular formula is C11H17FN2O. The van der Waals surface area contributed by atoms with Crippen molar-refractivity contribution in [2.75, 3.05) is 24.2 Å². The number of halogens is 1. The molecule has 4 heteroatoms. The van der Waals surface area contributed by atoms with Crippen molar-refractivity contribution in [3.8, 4) is 0 Å². The van der Waals surface area contributed by atoms with Crippen LogP contribution in [-0.4, -0.2) is 18.3 Å². The van der Waals surface area contributed by atoms with Gasteiger partial charge in [0.15, 0.2) is 0 Å². The lowest BCUT2D eigenvalue weighted by atomic mass is 10.2. The molecule has 1 aromatic carbocycles. The molecule has 4 N–H and O–H groups in total. The van der Waals surface area contributed by atoms with E-state index in [2.05, 4.69) is 5.32 Å². The van der Waals surface area contributed by atoms with Crippen LogP contribution in [0.4, 0.5) is 15.8 Å². The third-order valence-corrected chi connectivity index (χ3v) is 2.20. The van der Waals surface area contributed by atoms with E-state index >= 15 is 0 Å². The molecule has 1 rings (SSSR count). The summed E-state index contributed by atoms with van der Waals surface area (Å²) in [5.74, 6) is -0.393. The predicted molar refractivity (Wildman–Crippen MR) is 60.2 cm³/mol. The Morgan fingerprint density at radius 2 is 2.07 bits per heavy atom. The zero-order valence-corrected chi connectivity index (χ0v) is 8.67. The van der Waals surface area contributed by atoms with Gasteiger partial charge in [-0.2, -0.15) is 0 Å². The summed E-state index contributed by atoms with van der Waals surface area (Å²) in [6.07, 6.45) is 2.70. The SMILES string of the molecule is Nc1c(F)cccc1NCCCCCO. The molecule has 3 nitrogen and oxygen atoms in total. The minimum absolute atomic E-state index is 0.166. The van der Waals surface area contributed by atoms with Gasteiger partial charge in [-0.15, -0.1) is 0 Å². The van der Waals surface area contributed by atoms with Crippen LogP contribution in [0.15, 0.2) is 18.2 Å². The molecule has 0 saturated heterocycles. The average molecular weight is 212 g/mol. The fraction of sp³-hybridized carbons (Fsp3) is 0.455. The summed E-state index contributed by atoms with van der Waals surface area (Å²) in [4.78, 5) is 0. The molecule has 0 bridgehead atoms. The summed E-state index contributed by atoms with van der Waals surface area (Å²) in [5, 5.41) is 11.6. The summed E-state index contributed by atoms with van der Waals surface area (Å²) < 4.78 is 13.0. The second-order valence-corrected chi connectivity index (χ2v) is 3.41. The Bertz CT molecular complexity index is 305. The van der Waals surface area contributed by atoms with Crippen LogP contribution in [0.3, 0.4) is 0 Å². The van der Waals surface area contributed by atoms with Crippen molar-refractivity contribution < 1.29 is 9.50 Å². The van der Waals surface area contributed by atoms with Gasteiger partial charge >= 0.3 is 0 Å². The van der Waals surface area contributed by atoms with E-state index in [0.717, 1.165) is 25.8 Å². The molecule has 0 aliphatic carbocycles. The van der Waals surface area contributed by atoms with Gasteiger partial charge in [0.1, 0.15) is 5.82 Å². The Hall–Kier alpha value is -1.29. The fourth-order valence-corrected chi connectivity index (χ4v) is 1.33. The predicted octanol–water partition coefficient (Wildman–Crippen LogP) is 1.98. The third-order valence-electron chi connectivity index (χ3n) is 2.20. The number of hydrogen-bond acceptors (Lipinski definition) is 3. The van der Waals surface area contributed by atoms with Crippen LogP contribution >= 0.6 is 0 Å². The van der Waals surface area contributed by atoms with Gasteiger partial charge in [0.05, 0.1) is 11.4 Å². The first-order valence-electron chi connectivity index (χ1n) is 5.14. The van der Waals surface area contributed by atoms with Crippen LogP contribution in [0.1, 0.15) is 19.3 Å². The van der Waals surface area contributed by atoms with E-state index in [1.807, 2.05) is 0 Å². The van der Waals surface area contributed by atoms with E-state index in [1.54, 1.807) is 12.1 Å². The number of nitrogens with two attached hydrogens (primary N) is 1. The van der Waals surface area contributed by atoms with E-state index < -0.39 is 5.82 Å². The van der Waals surface area contributed by atoms with Crippen molar-refractivity contribution >= 4 is 11.4 Å². The van der Waals surface area contributed by atoms with Crippen molar-refractivity contribution in [3.63, 3.8) is 0 Å². The van der Waals surface area contributed by atoms with Gasteiger partial charge in [-0.05, 0) is 31.4 Å². The van der Waals surface area contributed by atoms with Crippen LogP contribution in [0.2, 0.25) is 0 Å². The maximum atomic E-state index is 13.0. The molecular weight excluding hydrogens is 195 g/mol. The smallest absolute Gasteiger partial charge is 0.148 e. The molecule has 0 aromatic heterocycles. The van der Waals surface area contributed by atoms with Gasteiger partial charge in [0.25, 0.3) is 0 Å². The number of aliphatic hydroxyl groups is 1. The molecule has 0 aliphatic rings. The minimum atomic E-state index is -0.393. The van der Waals surface area contributed by atoms with Gasteiger partial charge in [-0.1, -0.05) is 6.07 Å². The molecule has 0 atom stereocenters. The molecule has 0 saturated carbocycles. The molecule has 0 heterocycles. The molecule has 15 heavy (non-hydrogen) atoms. The molecule has 1 aromatic rings. The molecule has 0 fully saturated rings. The summed E-state index contributed by atoms with van der Waals surface area (Å²) in [5.41, 5.74) is 6.35. The lowest BCUT2D eigenvalue weighted by molar-refractivity contribution is 0.283. The van der Waals surface area contributed by atoms with Crippen LogP contribution < -0.4 is 11.1 Å². The number of unbranched alkanes of at least 4 members (excludes halogenated alkanes) is 2. The van der Waals surface area contributed by atoms with E-state index in [9.17, 15) is 4.39 Å². The number of hydrogen-bond donors (Lipinski definition) is 3. The number of para-hydroxylation sites is 1. The lowest BCUT2D eigenvalue weighted by Gasteiger charge is -2.09.